The number of aromatic amines is 1. The first-order valence-electron chi connectivity index (χ1n) is 10.4. The van der Waals surface area contributed by atoms with Crippen molar-refractivity contribution in [3.63, 3.8) is 0 Å². The van der Waals surface area contributed by atoms with Crippen LogP contribution in [0, 0.1) is 13.8 Å². The molecule has 0 fully saturated rings. The van der Waals surface area contributed by atoms with Crippen LogP contribution in [0.5, 0.6) is 0 Å². The molecule has 2 aromatic carbocycles. The molecule has 0 aliphatic heterocycles. The molecule has 4 aromatic rings. The first-order valence-corrected chi connectivity index (χ1v) is 10.4. The maximum atomic E-state index is 13.1. The van der Waals surface area contributed by atoms with Crippen molar-refractivity contribution < 1.29 is 18.0 Å². The van der Waals surface area contributed by atoms with Gasteiger partial charge in [-0.2, -0.15) is 13.2 Å². The Morgan fingerprint density at radius 1 is 1.00 bits per heavy atom. The number of hydrogen-bond acceptors (Lipinski definition) is 3. The van der Waals surface area contributed by atoms with Gasteiger partial charge in [-0.25, -0.2) is 4.98 Å². The topological polar surface area (TPSA) is 74.8 Å². The third-order valence-electron chi connectivity index (χ3n) is 5.25. The molecule has 5 nitrogen and oxygen atoms in total. The molecule has 4 rings (SSSR count). The number of nitrogens with zero attached hydrogens (tertiary/aromatic N) is 1. The molecule has 0 saturated carbocycles. The number of carbonyl (C=O) groups is 1. The summed E-state index contributed by atoms with van der Waals surface area (Å²) in [5, 5.41) is 3.34. The van der Waals surface area contributed by atoms with E-state index in [1.54, 1.807) is 37.4 Å². The zero-order chi connectivity index (χ0) is 24.5. The predicted molar refractivity (Wildman–Crippen MR) is 127 cm³/mol. The number of carbonyl (C=O) groups excluding carboxylic acids is 1. The molecular weight excluding hydrogens is 443 g/mol. The molecule has 2 aromatic heterocycles. The predicted octanol–water partition coefficient (Wildman–Crippen LogP) is 5.98. The average Bonchev–Trinajstić information content (AvgIpc) is 2.77. The molecule has 0 aliphatic carbocycles. The molecule has 1 amide bonds. The van der Waals surface area contributed by atoms with Crippen LogP contribution in [-0.2, 0) is 6.18 Å². The lowest BCUT2D eigenvalue weighted by atomic mass is 10.0. The zero-order valence-electron chi connectivity index (χ0n) is 18.3. The van der Waals surface area contributed by atoms with Gasteiger partial charge in [0.1, 0.15) is 5.65 Å². The average molecular weight is 463 g/mol. The van der Waals surface area contributed by atoms with Crippen molar-refractivity contribution in [3.05, 3.63) is 105 Å². The minimum Gasteiger partial charge on any atom is -0.322 e. The highest BCUT2D eigenvalue weighted by atomic mass is 19.4. The molecule has 0 atom stereocenters. The fourth-order valence-electron chi connectivity index (χ4n) is 3.51. The Bertz CT molecular complexity index is 1490. The van der Waals surface area contributed by atoms with E-state index in [1.165, 1.54) is 12.1 Å². The van der Waals surface area contributed by atoms with Crippen LogP contribution in [-0.4, -0.2) is 15.9 Å². The monoisotopic (exact) mass is 463 g/mol. The summed E-state index contributed by atoms with van der Waals surface area (Å²) in [4.78, 5) is 31.1. The molecule has 0 bridgehead atoms. The van der Waals surface area contributed by atoms with Crippen LogP contribution in [0.3, 0.4) is 0 Å². The highest BCUT2D eigenvalue weighted by Crippen LogP contribution is 2.32. The first kappa shape index (κ1) is 23.0. The van der Waals surface area contributed by atoms with Gasteiger partial charge < -0.3 is 10.3 Å². The number of aryl methyl sites for hydroxylation is 2. The maximum absolute atomic E-state index is 13.1. The van der Waals surface area contributed by atoms with Gasteiger partial charge in [-0.3, -0.25) is 9.59 Å². The summed E-state index contributed by atoms with van der Waals surface area (Å²) in [7, 11) is 0. The number of amides is 1. The fourth-order valence-corrected chi connectivity index (χ4v) is 3.51. The van der Waals surface area contributed by atoms with E-state index in [2.05, 4.69) is 15.3 Å². The second-order valence-corrected chi connectivity index (χ2v) is 7.97. The number of rotatable bonds is 4. The van der Waals surface area contributed by atoms with E-state index in [4.69, 9.17) is 0 Å². The third-order valence-corrected chi connectivity index (χ3v) is 5.25. The lowest BCUT2D eigenvalue weighted by molar-refractivity contribution is -0.137. The Kier molecular flexibility index (Phi) is 6.06. The second kappa shape index (κ2) is 8.97. The molecule has 0 aliphatic rings. The van der Waals surface area contributed by atoms with Crippen LogP contribution in [0.2, 0.25) is 0 Å². The van der Waals surface area contributed by atoms with Crippen LogP contribution in [0.15, 0.2) is 65.6 Å². The second-order valence-electron chi connectivity index (χ2n) is 7.97. The Hall–Kier alpha value is -4.20. The number of pyridine rings is 2. The van der Waals surface area contributed by atoms with Gasteiger partial charge in [0.2, 0.25) is 5.56 Å². The van der Waals surface area contributed by atoms with Crippen molar-refractivity contribution in [2.24, 2.45) is 0 Å². The van der Waals surface area contributed by atoms with E-state index >= 15 is 0 Å². The quantitative estimate of drug-likeness (QED) is 0.391. The van der Waals surface area contributed by atoms with Crippen molar-refractivity contribution in [3.8, 4) is 0 Å². The minimum atomic E-state index is -4.50. The van der Waals surface area contributed by atoms with Crippen LogP contribution in [0.4, 0.5) is 18.9 Å². The van der Waals surface area contributed by atoms with E-state index in [1.807, 2.05) is 25.1 Å². The number of hydrogen-bond donors (Lipinski definition) is 2. The SMILES string of the molecule is Cc1cc(NC(=O)c2ccc(C)c(/C=C/c3cnc4[nH]c(=O)ccc4c3)c2)cc(C(F)(F)F)c1. The zero-order valence-corrected chi connectivity index (χ0v) is 18.3. The number of benzene rings is 2. The molecule has 34 heavy (non-hydrogen) atoms. The summed E-state index contributed by atoms with van der Waals surface area (Å²) in [6.45, 7) is 3.43. The Balaban J connectivity index is 1.57. The Morgan fingerprint density at radius 3 is 2.56 bits per heavy atom. The largest absolute Gasteiger partial charge is 0.416 e. The number of H-pyrrole nitrogens is 1. The van der Waals surface area contributed by atoms with Gasteiger partial charge in [-0.15, -0.1) is 0 Å². The number of alkyl halides is 3. The number of fused-ring (bicyclic) bond motifs is 1. The molecule has 0 unspecified atom stereocenters. The molecule has 2 heterocycles. The van der Waals surface area contributed by atoms with E-state index in [0.717, 1.165) is 34.2 Å². The van der Waals surface area contributed by atoms with Crippen molar-refractivity contribution in [2.75, 3.05) is 5.32 Å². The van der Waals surface area contributed by atoms with E-state index in [9.17, 15) is 22.8 Å². The molecule has 2 N–H and O–H groups in total. The van der Waals surface area contributed by atoms with E-state index < -0.39 is 17.6 Å². The van der Waals surface area contributed by atoms with Crippen LogP contribution in [0.1, 0.15) is 38.2 Å². The summed E-state index contributed by atoms with van der Waals surface area (Å²) in [5.74, 6) is -0.510. The summed E-state index contributed by atoms with van der Waals surface area (Å²) in [6.07, 6.45) is 0.781. The van der Waals surface area contributed by atoms with Crippen molar-refractivity contribution in [2.45, 2.75) is 20.0 Å². The van der Waals surface area contributed by atoms with Gasteiger partial charge in [0.05, 0.1) is 5.56 Å². The van der Waals surface area contributed by atoms with Gasteiger partial charge in [-0.1, -0.05) is 18.2 Å². The maximum Gasteiger partial charge on any atom is 0.416 e. The van der Waals surface area contributed by atoms with E-state index in [-0.39, 0.29) is 11.2 Å². The summed E-state index contributed by atoms with van der Waals surface area (Å²) < 4.78 is 39.3. The van der Waals surface area contributed by atoms with Gasteiger partial charge >= 0.3 is 6.18 Å². The van der Waals surface area contributed by atoms with Gasteiger partial charge in [0.15, 0.2) is 0 Å². The van der Waals surface area contributed by atoms with Crippen LogP contribution in [0.25, 0.3) is 23.2 Å². The molecule has 8 heteroatoms. The standard InChI is InChI=1S/C26H20F3N3O2/c1-15-9-21(26(27,28)29)13-22(10-15)31-25(34)20-5-3-16(2)18(12-20)6-4-17-11-19-7-8-23(33)32-24(19)30-14-17/h3-14H,1-2H3,(H,31,34)(H,30,32,33)/b6-4+. The number of anilines is 1. The highest BCUT2D eigenvalue weighted by Gasteiger charge is 2.31. The number of aromatic nitrogens is 2. The molecule has 0 spiro atoms. The summed E-state index contributed by atoms with van der Waals surface area (Å²) in [5.41, 5.74) is 2.72. The molecule has 172 valence electrons. The van der Waals surface area contributed by atoms with Crippen molar-refractivity contribution in [1.82, 2.24) is 9.97 Å². The normalized spacial score (nSPS) is 11.8. The first-order chi connectivity index (χ1) is 16.1. The fraction of sp³-hybridized carbons (Fsp3) is 0.115. The lowest BCUT2D eigenvalue weighted by Gasteiger charge is -2.12. The van der Waals surface area contributed by atoms with Crippen molar-refractivity contribution >= 4 is 34.8 Å². The van der Waals surface area contributed by atoms with Crippen LogP contribution >= 0.6 is 0 Å². The number of halogens is 3. The Labute approximate surface area is 193 Å². The minimum absolute atomic E-state index is 0.0790. The number of nitrogens with one attached hydrogen (secondary N) is 2. The van der Waals surface area contributed by atoms with Crippen molar-refractivity contribution in [1.29, 1.82) is 0 Å². The summed E-state index contributed by atoms with van der Waals surface area (Å²) >= 11 is 0. The lowest BCUT2D eigenvalue weighted by Crippen LogP contribution is -2.14. The van der Waals surface area contributed by atoms with E-state index in [0.29, 0.717) is 16.8 Å². The van der Waals surface area contributed by atoms with Gasteiger partial charge in [0, 0.05) is 28.9 Å². The summed E-state index contributed by atoms with van der Waals surface area (Å²) in [6, 6.07) is 13.5. The smallest absolute Gasteiger partial charge is 0.322 e. The third kappa shape index (κ3) is 5.23. The molecule has 0 saturated heterocycles. The van der Waals surface area contributed by atoms with Gasteiger partial charge in [-0.05, 0) is 78.6 Å². The molecule has 0 radical (unpaired) electrons. The highest BCUT2D eigenvalue weighted by molar-refractivity contribution is 6.04. The van der Waals surface area contributed by atoms with Crippen LogP contribution < -0.4 is 10.9 Å². The Morgan fingerprint density at radius 2 is 1.79 bits per heavy atom. The van der Waals surface area contributed by atoms with Gasteiger partial charge in [0.25, 0.3) is 5.91 Å². The molecular formula is C26H20F3N3O2.